The molecule has 2 N–H and O–H groups in total. The Labute approximate surface area is 137 Å². The number of hydrogen-bond donors (Lipinski definition) is 2. The molecule has 0 bridgehead atoms. The SMILES string of the molecule is COC(=O)c1ccc2c(c1)NC(=O)C2=Cc1cccc2[nH]ccc12. The standard InChI is InChI=1S/C19H14N2O3/c1-24-19(23)12-5-6-14-15(18(22)21-17(14)10-12)9-11-3-2-4-16-13(11)7-8-20-16/h2-10,20H,1H3,(H,21,22). The van der Waals surface area contributed by atoms with Crippen molar-refractivity contribution in [3.63, 3.8) is 0 Å². The molecule has 2 aromatic carbocycles. The molecule has 4 rings (SSSR count). The first-order chi connectivity index (χ1) is 11.7. The predicted octanol–water partition coefficient (Wildman–Crippen LogP) is 3.45. The summed E-state index contributed by atoms with van der Waals surface area (Å²) in [5.41, 5.74) is 4.36. The molecule has 0 aliphatic carbocycles. The van der Waals surface area contributed by atoms with Gasteiger partial charge in [0, 0.05) is 33.9 Å². The van der Waals surface area contributed by atoms with Gasteiger partial charge in [0.25, 0.3) is 5.91 Å². The zero-order chi connectivity index (χ0) is 16.7. The Morgan fingerprint density at radius 3 is 2.88 bits per heavy atom. The molecule has 3 aromatic rings. The van der Waals surface area contributed by atoms with Crippen molar-refractivity contribution in [2.45, 2.75) is 0 Å². The second-order valence-corrected chi connectivity index (χ2v) is 5.55. The summed E-state index contributed by atoms with van der Waals surface area (Å²) in [4.78, 5) is 27.1. The maximum Gasteiger partial charge on any atom is 0.337 e. The van der Waals surface area contributed by atoms with E-state index in [1.165, 1.54) is 7.11 Å². The van der Waals surface area contributed by atoms with Gasteiger partial charge in [-0.1, -0.05) is 18.2 Å². The zero-order valence-corrected chi connectivity index (χ0v) is 12.9. The Morgan fingerprint density at radius 1 is 1.17 bits per heavy atom. The van der Waals surface area contributed by atoms with Gasteiger partial charge in [-0.3, -0.25) is 4.79 Å². The van der Waals surface area contributed by atoms with Gasteiger partial charge < -0.3 is 15.0 Å². The molecule has 5 heteroatoms. The maximum atomic E-state index is 12.4. The van der Waals surface area contributed by atoms with E-state index in [1.807, 2.05) is 36.5 Å². The summed E-state index contributed by atoms with van der Waals surface area (Å²) in [6.07, 6.45) is 3.74. The van der Waals surface area contributed by atoms with E-state index in [0.717, 1.165) is 22.0 Å². The van der Waals surface area contributed by atoms with Crippen molar-refractivity contribution in [3.05, 3.63) is 65.4 Å². The van der Waals surface area contributed by atoms with E-state index in [4.69, 9.17) is 4.74 Å². The Morgan fingerprint density at radius 2 is 2.04 bits per heavy atom. The third kappa shape index (κ3) is 2.18. The van der Waals surface area contributed by atoms with Crippen molar-refractivity contribution < 1.29 is 14.3 Å². The minimum absolute atomic E-state index is 0.181. The number of anilines is 1. The number of aromatic nitrogens is 1. The number of amides is 1. The summed E-state index contributed by atoms with van der Waals surface area (Å²) in [5, 5.41) is 3.86. The number of nitrogens with one attached hydrogen (secondary N) is 2. The first kappa shape index (κ1) is 14.3. The average Bonchev–Trinajstić information content (AvgIpc) is 3.19. The molecule has 1 aromatic heterocycles. The van der Waals surface area contributed by atoms with E-state index >= 15 is 0 Å². The fraction of sp³-hybridized carbons (Fsp3) is 0.0526. The topological polar surface area (TPSA) is 71.2 Å². The molecule has 118 valence electrons. The van der Waals surface area contributed by atoms with Crippen LogP contribution in [0, 0.1) is 0 Å². The fourth-order valence-electron chi connectivity index (χ4n) is 2.97. The number of fused-ring (bicyclic) bond motifs is 2. The smallest absolute Gasteiger partial charge is 0.337 e. The Bertz CT molecular complexity index is 1010. The summed E-state index contributed by atoms with van der Waals surface area (Å²) in [5.74, 6) is -0.610. The second kappa shape index (κ2) is 5.38. The monoisotopic (exact) mass is 318 g/mol. The van der Waals surface area contributed by atoms with Crippen LogP contribution in [-0.2, 0) is 9.53 Å². The van der Waals surface area contributed by atoms with Crippen molar-refractivity contribution in [2.24, 2.45) is 0 Å². The minimum Gasteiger partial charge on any atom is -0.465 e. The number of esters is 1. The molecule has 0 fully saturated rings. The van der Waals surface area contributed by atoms with Gasteiger partial charge in [0.15, 0.2) is 0 Å². The van der Waals surface area contributed by atoms with Gasteiger partial charge in [0.05, 0.1) is 12.7 Å². The van der Waals surface area contributed by atoms with Crippen LogP contribution in [0.5, 0.6) is 0 Å². The fourth-order valence-corrected chi connectivity index (χ4v) is 2.97. The van der Waals surface area contributed by atoms with E-state index < -0.39 is 5.97 Å². The lowest BCUT2D eigenvalue weighted by molar-refractivity contribution is -0.110. The number of hydrogen-bond acceptors (Lipinski definition) is 3. The normalized spacial score (nSPS) is 14.7. The second-order valence-electron chi connectivity index (χ2n) is 5.55. The number of aromatic amines is 1. The van der Waals surface area contributed by atoms with Crippen LogP contribution in [0.4, 0.5) is 5.69 Å². The van der Waals surface area contributed by atoms with Gasteiger partial charge in [0.1, 0.15) is 0 Å². The molecule has 1 aliphatic rings. The first-order valence-corrected chi connectivity index (χ1v) is 7.49. The van der Waals surface area contributed by atoms with E-state index in [2.05, 4.69) is 10.3 Å². The highest BCUT2D eigenvalue weighted by molar-refractivity contribution is 6.35. The van der Waals surface area contributed by atoms with Crippen molar-refractivity contribution in [2.75, 3.05) is 12.4 Å². The van der Waals surface area contributed by atoms with Crippen molar-refractivity contribution >= 4 is 40.1 Å². The van der Waals surface area contributed by atoms with Crippen molar-refractivity contribution in [3.8, 4) is 0 Å². The number of H-pyrrole nitrogens is 1. The molecule has 0 atom stereocenters. The Hall–Kier alpha value is -3.34. The van der Waals surface area contributed by atoms with E-state index in [-0.39, 0.29) is 5.91 Å². The molecular formula is C19H14N2O3. The molecule has 0 saturated carbocycles. The van der Waals surface area contributed by atoms with Gasteiger partial charge >= 0.3 is 5.97 Å². The number of carbonyl (C=O) groups is 2. The molecule has 0 saturated heterocycles. The van der Waals surface area contributed by atoms with Crippen LogP contribution < -0.4 is 5.32 Å². The summed E-state index contributed by atoms with van der Waals surface area (Å²) in [6, 6.07) is 12.9. The molecule has 1 amide bonds. The quantitative estimate of drug-likeness (QED) is 0.561. The zero-order valence-electron chi connectivity index (χ0n) is 12.9. The van der Waals surface area contributed by atoms with E-state index in [0.29, 0.717) is 16.8 Å². The first-order valence-electron chi connectivity index (χ1n) is 7.49. The van der Waals surface area contributed by atoms with Crippen LogP contribution in [-0.4, -0.2) is 24.0 Å². The Kier molecular flexibility index (Phi) is 3.20. The van der Waals surface area contributed by atoms with Gasteiger partial charge in [-0.05, 0) is 35.9 Å². The third-order valence-electron chi connectivity index (χ3n) is 4.15. The van der Waals surface area contributed by atoms with Gasteiger partial charge in [-0.25, -0.2) is 4.79 Å². The largest absolute Gasteiger partial charge is 0.465 e. The van der Waals surface area contributed by atoms with Crippen molar-refractivity contribution in [1.82, 2.24) is 4.98 Å². The molecule has 24 heavy (non-hydrogen) atoms. The van der Waals surface area contributed by atoms with Gasteiger partial charge in [-0.2, -0.15) is 0 Å². The highest BCUT2D eigenvalue weighted by Gasteiger charge is 2.25. The van der Waals surface area contributed by atoms with E-state index in [1.54, 1.807) is 18.2 Å². The Balaban J connectivity index is 1.82. The number of ether oxygens (including phenoxy) is 1. The lowest BCUT2D eigenvalue weighted by atomic mass is 10.0. The van der Waals surface area contributed by atoms with Crippen LogP contribution in [0.2, 0.25) is 0 Å². The van der Waals surface area contributed by atoms with Crippen LogP contribution in [0.3, 0.4) is 0 Å². The lowest BCUT2D eigenvalue weighted by Gasteiger charge is -2.03. The number of carbonyl (C=O) groups excluding carboxylic acids is 2. The van der Waals surface area contributed by atoms with Gasteiger partial charge in [0.2, 0.25) is 0 Å². The van der Waals surface area contributed by atoms with Crippen LogP contribution in [0.25, 0.3) is 22.6 Å². The predicted molar refractivity (Wildman–Crippen MR) is 92.6 cm³/mol. The maximum absolute atomic E-state index is 12.4. The minimum atomic E-state index is -0.429. The number of benzene rings is 2. The molecule has 5 nitrogen and oxygen atoms in total. The summed E-state index contributed by atoms with van der Waals surface area (Å²) in [6.45, 7) is 0. The molecule has 0 radical (unpaired) electrons. The average molecular weight is 318 g/mol. The number of methoxy groups -OCH3 is 1. The highest BCUT2D eigenvalue weighted by Crippen LogP contribution is 2.34. The highest BCUT2D eigenvalue weighted by atomic mass is 16.5. The molecule has 0 spiro atoms. The summed E-state index contributed by atoms with van der Waals surface area (Å²) in [7, 11) is 1.33. The molecule has 1 aliphatic heterocycles. The number of rotatable bonds is 2. The van der Waals surface area contributed by atoms with Crippen LogP contribution >= 0.6 is 0 Å². The third-order valence-corrected chi connectivity index (χ3v) is 4.15. The van der Waals surface area contributed by atoms with Crippen LogP contribution in [0.15, 0.2) is 48.7 Å². The van der Waals surface area contributed by atoms with Crippen LogP contribution in [0.1, 0.15) is 21.5 Å². The summed E-state index contributed by atoms with van der Waals surface area (Å²) >= 11 is 0. The molecule has 2 heterocycles. The van der Waals surface area contributed by atoms with E-state index in [9.17, 15) is 9.59 Å². The summed E-state index contributed by atoms with van der Waals surface area (Å²) < 4.78 is 4.71. The van der Waals surface area contributed by atoms with Crippen molar-refractivity contribution in [1.29, 1.82) is 0 Å². The molecule has 0 unspecified atom stereocenters. The molecular weight excluding hydrogens is 304 g/mol. The lowest BCUT2D eigenvalue weighted by Crippen LogP contribution is -2.04. The van der Waals surface area contributed by atoms with Gasteiger partial charge in [-0.15, -0.1) is 0 Å².